The lowest BCUT2D eigenvalue weighted by atomic mass is 10.1. The van der Waals surface area contributed by atoms with Crippen molar-refractivity contribution in [1.29, 1.82) is 0 Å². The number of halogens is 3. The van der Waals surface area contributed by atoms with E-state index in [4.69, 9.17) is 5.73 Å². The van der Waals surface area contributed by atoms with E-state index >= 15 is 0 Å². The van der Waals surface area contributed by atoms with Crippen LogP contribution in [0.1, 0.15) is 25.5 Å². The second-order valence-electron chi connectivity index (χ2n) is 4.62. The highest BCUT2D eigenvalue weighted by molar-refractivity contribution is 7.99. The fourth-order valence-electron chi connectivity index (χ4n) is 1.52. The molecule has 0 radical (unpaired) electrons. The third kappa shape index (κ3) is 6.20. The van der Waals surface area contributed by atoms with Gasteiger partial charge in [0.15, 0.2) is 0 Å². The van der Waals surface area contributed by atoms with Crippen LogP contribution in [0.3, 0.4) is 0 Å². The van der Waals surface area contributed by atoms with Gasteiger partial charge in [-0.1, -0.05) is 32.0 Å². The molecule has 1 aromatic rings. The van der Waals surface area contributed by atoms with Gasteiger partial charge in [0.1, 0.15) is 5.75 Å². The number of rotatable bonds is 6. The van der Waals surface area contributed by atoms with Crippen LogP contribution in [-0.4, -0.2) is 17.9 Å². The number of ether oxygens (including phenoxy) is 1. The summed E-state index contributed by atoms with van der Waals surface area (Å²) in [6.45, 7) is 4.17. The van der Waals surface area contributed by atoms with Crippen molar-refractivity contribution in [2.24, 2.45) is 11.7 Å². The molecule has 0 aliphatic rings. The van der Waals surface area contributed by atoms with Crippen molar-refractivity contribution in [3.05, 3.63) is 29.8 Å². The van der Waals surface area contributed by atoms with Crippen LogP contribution in [0, 0.1) is 5.92 Å². The molecule has 1 atom stereocenters. The van der Waals surface area contributed by atoms with Crippen molar-refractivity contribution in [3.8, 4) is 5.75 Å². The SMILES string of the molecule is CC(C)CSCC(N)c1ccccc1OC(F)(F)F. The predicted octanol–water partition coefficient (Wildman–Crippen LogP) is 3.97. The van der Waals surface area contributed by atoms with Crippen LogP contribution in [0.2, 0.25) is 0 Å². The minimum Gasteiger partial charge on any atom is -0.405 e. The summed E-state index contributed by atoms with van der Waals surface area (Å²) in [5.41, 5.74) is 6.32. The first kappa shape index (κ1) is 16.2. The van der Waals surface area contributed by atoms with E-state index in [0.29, 0.717) is 17.2 Å². The Labute approximate surface area is 115 Å². The molecule has 1 unspecified atom stereocenters. The molecule has 19 heavy (non-hydrogen) atoms. The van der Waals surface area contributed by atoms with E-state index in [2.05, 4.69) is 18.6 Å². The fraction of sp³-hybridized carbons (Fsp3) is 0.538. The van der Waals surface area contributed by atoms with Gasteiger partial charge in [0, 0.05) is 17.4 Å². The van der Waals surface area contributed by atoms with Crippen LogP contribution >= 0.6 is 11.8 Å². The van der Waals surface area contributed by atoms with Gasteiger partial charge < -0.3 is 10.5 Å². The normalized spacial score (nSPS) is 13.6. The lowest BCUT2D eigenvalue weighted by Crippen LogP contribution is -2.21. The van der Waals surface area contributed by atoms with E-state index in [1.807, 2.05) is 0 Å². The summed E-state index contributed by atoms with van der Waals surface area (Å²) in [7, 11) is 0. The molecular formula is C13H18F3NOS. The Morgan fingerprint density at radius 1 is 1.21 bits per heavy atom. The van der Waals surface area contributed by atoms with Gasteiger partial charge in [0.05, 0.1) is 0 Å². The lowest BCUT2D eigenvalue weighted by molar-refractivity contribution is -0.274. The predicted molar refractivity (Wildman–Crippen MR) is 72.2 cm³/mol. The molecule has 0 saturated carbocycles. The summed E-state index contributed by atoms with van der Waals surface area (Å²) in [6, 6.07) is 5.55. The summed E-state index contributed by atoms with van der Waals surface area (Å²) < 4.78 is 40.8. The maximum Gasteiger partial charge on any atom is 0.573 e. The Hall–Kier alpha value is -0.880. The summed E-state index contributed by atoms with van der Waals surface area (Å²) >= 11 is 1.63. The fourth-order valence-corrected chi connectivity index (χ4v) is 2.57. The van der Waals surface area contributed by atoms with E-state index in [0.717, 1.165) is 5.75 Å². The first-order valence-corrected chi connectivity index (χ1v) is 7.13. The Morgan fingerprint density at radius 2 is 1.84 bits per heavy atom. The molecule has 2 N–H and O–H groups in total. The van der Waals surface area contributed by atoms with Crippen LogP contribution < -0.4 is 10.5 Å². The van der Waals surface area contributed by atoms with E-state index < -0.39 is 12.4 Å². The summed E-state index contributed by atoms with van der Waals surface area (Å²) in [5, 5.41) is 0. The molecule has 108 valence electrons. The van der Waals surface area contributed by atoms with E-state index in [1.165, 1.54) is 12.1 Å². The van der Waals surface area contributed by atoms with Gasteiger partial charge in [-0.15, -0.1) is 13.2 Å². The first-order valence-electron chi connectivity index (χ1n) is 5.97. The van der Waals surface area contributed by atoms with Crippen LogP contribution in [0.5, 0.6) is 5.75 Å². The molecule has 0 bridgehead atoms. The Bertz CT molecular complexity index is 396. The molecule has 6 heteroatoms. The highest BCUT2D eigenvalue weighted by Crippen LogP contribution is 2.30. The Kier molecular flexibility index (Phi) is 6.00. The molecule has 0 aliphatic heterocycles. The second kappa shape index (κ2) is 7.05. The maximum absolute atomic E-state index is 12.3. The topological polar surface area (TPSA) is 35.2 Å². The molecule has 0 amide bonds. The third-order valence-corrected chi connectivity index (χ3v) is 3.79. The van der Waals surface area contributed by atoms with E-state index in [1.54, 1.807) is 23.9 Å². The van der Waals surface area contributed by atoms with E-state index in [-0.39, 0.29) is 5.75 Å². The minimum absolute atomic E-state index is 0.215. The zero-order valence-corrected chi connectivity index (χ0v) is 11.7. The van der Waals surface area contributed by atoms with Crippen LogP contribution in [0.15, 0.2) is 24.3 Å². The Balaban J connectivity index is 2.70. The summed E-state index contributed by atoms with van der Waals surface area (Å²) in [6.07, 6.45) is -4.69. The van der Waals surface area contributed by atoms with Gasteiger partial charge in [-0.2, -0.15) is 11.8 Å². The molecular weight excluding hydrogens is 275 g/mol. The first-order chi connectivity index (χ1) is 8.79. The number of alkyl halides is 3. The highest BCUT2D eigenvalue weighted by atomic mass is 32.2. The van der Waals surface area contributed by atoms with E-state index in [9.17, 15) is 13.2 Å². The molecule has 0 aromatic heterocycles. The van der Waals surface area contributed by atoms with Crippen molar-refractivity contribution in [2.45, 2.75) is 26.3 Å². The monoisotopic (exact) mass is 293 g/mol. The molecule has 0 fully saturated rings. The average molecular weight is 293 g/mol. The number of nitrogens with two attached hydrogens (primary N) is 1. The maximum atomic E-state index is 12.3. The summed E-state index contributed by atoms with van der Waals surface area (Å²) in [5.74, 6) is 1.80. The quantitative estimate of drug-likeness (QED) is 0.862. The number of hydrogen-bond donors (Lipinski definition) is 1. The number of benzene rings is 1. The molecule has 2 nitrogen and oxygen atoms in total. The van der Waals surface area contributed by atoms with Crippen LogP contribution in [0.25, 0.3) is 0 Å². The minimum atomic E-state index is -4.69. The number of thioether (sulfide) groups is 1. The Morgan fingerprint density at radius 3 is 2.42 bits per heavy atom. The largest absolute Gasteiger partial charge is 0.573 e. The van der Waals surface area contributed by atoms with Gasteiger partial charge in [-0.3, -0.25) is 0 Å². The third-order valence-electron chi connectivity index (χ3n) is 2.29. The van der Waals surface area contributed by atoms with Gasteiger partial charge in [0.2, 0.25) is 0 Å². The van der Waals surface area contributed by atoms with Crippen LogP contribution in [-0.2, 0) is 0 Å². The van der Waals surface area contributed by atoms with Gasteiger partial charge in [-0.25, -0.2) is 0 Å². The highest BCUT2D eigenvalue weighted by Gasteiger charge is 2.32. The van der Waals surface area contributed by atoms with Crippen molar-refractivity contribution in [2.75, 3.05) is 11.5 Å². The average Bonchev–Trinajstić information content (AvgIpc) is 2.26. The number of hydrogen-bond acceptors (Lipinski definition) is 3. The molecule has 1 aromatic carbocycles. The standard InChI is InChI=1S/C13H18F3NOS/c1-9(2)7-19-8-11(17)10-5-3-4-6-12(10)18-13(14,15)16/h3-6,9,11H,7-8,17H2,1-2H3. The zero-order chi connectivity index (χ0) is 14.5. The number of para-hydroxylation sites is 1. The molecule has 0 aliphatic carbocycles. The van der Waals surface area contributed by atoms with Crippen molar-refractivity contribution < 1.29 is 17.9 Å². The summed E-state index contributed by atoms with van der Waals surface area (Å²) in [4.78, 5) is 0. The van der Waals surface area contributed by atoms with Crippen molar-refractivity contribution in [1.82, 2.24) is 0 Å². The molecule has 0 spiro atoms. The molecule has 0 saturated heterocycles. The van der Waals surface area contributed by atoms with Gasteiger partial charge in [-0.05, 0) is 17.7 Å². The van der Waals surface area contributed by atoms with Gasteiger partial charge >= 0.3 is 6.36 Å². The van der Waals surface area contributed by atoms with Crippen LogP contribution in [0.4, 0.5) is 13.2 Å². The second-order valence-corrected chi connectivity index (χ2v) is 5.70. The lowest BCUT2D eigenvalue weighted by Gasteiger charge is -2.18. The smallest absolute Gasteiger partial charge is 0.405 e. The van der Waals surface area contributed by atoms with Crippen molar-refractivity contribution >= 4 is 11.8 Å². The molecule has 1 rings (SSSR count). The zero-order valence-electron chi connectivity index (χ0n) is 10.9. The molecule has 0 heterocycles. The van der Waals surface area contributed by atoms with Gasteiger partial charge in [0.25, 0.3) is 0 Å². The van der Waals surface area contributed by atoms with Crippen molar-refractivity contribution in [3.63, 3.8) is 0 Å².